The second kappa shape index (κ2) is 4.81. The van der Waals surface area contributed by atoms with Crippen LogP contribution in [0.15, 0.2) is 6.20 Å². The fraction of sp³-hybridized carbons (Fsp3) is 0.700. The molecule has 0 saturated carbocycles. The molecule has 1 saturated heterocycles. The first-order valence-corrected chi connectivity index (χ1v) is 6.24. The van der Waals surface area contributed by atoms with Gasteiger partial charge in [0.25, 0.3) is 0 Å². The lowest BCUT2D eigenvalue weighted by molar-refractivity contribution is -0.134. The van der Waals surface area contributed by atoms with E-state index in [-0.39, 0.29) is 12.6 Å². The average molecular weight is 266 g/mol. The van der Waals surface area contributed by atoms with E-state index in [4.69, 9.17) is 5.11 Å². The van der Waals surface area contributed by atoms with Gasteiger partial charge in [-0.15, -0.1) is 0 Å². The van der Waals surface area contributed by atoms with Crippen molar-refractivity contribution in [2.24, 2.45) is 0 Å². The van der Waals surface area contributed by atoms with Gasteiger partial charge in [-0.3, -0.25) is 0 Å². The van der Waals surface area contributed by atoms with Crippen molar-refractivity contribution in [1.82, 2.24) is 4.98 Å². The summed E-state index contributed by atoms with van der Waals surface area (Å²) in [5.74, 6) is 0. The Kier molecular flexibility index (Phi) is 3.58. The predicted molar refractivity (Wildman–Crippen MR) is 59.2 cm³/mol. The van der Waals surface area contributed by atoms with Crippen LogP contribution in [0.5, 0.6) is 0 Å². The molecular weight excluding hydrogens is 253 g/mol. The normalized spacial score (nSPS) is 21.2. The van der Waals surface area contributed by atoms with E-state index in [1.807, 2.05) is 4.90 Å². The van der Waals surface area contributed by atoms with Crippen LogP contribution in [-0.4, -0.2) is 29.3 Å². The van der Waals surface area contributed by atoms with E-state index in [1.165, 1.54) is 0 Å². The van der Waals surface area contributed by atoms with Crippen molar-refractivity contribution in [2.75, 3.05) is 18.1 Å². The summed E-state index contributed by atoms with van der Waals surface area (Å²) in [5, 5.41) is 9.31. The molecule has 17 heavy (non-hydrogen) atoms. The van der Waals surface area contributed by atoms with Crippen LogP contribution in [0.3, 0.4) is 0 Å². The maximum absolute atomic E-state index is 12.4. The van der Waals surface area contributed by atoms with E-state index >= 15 is 0 Å². The van der Waals surface area contributed by atoms with Gasteiger partial charge in [0.1, 0.15) is 4.88 Å². The molecule has 7 heteroatoms. The monoisotopic (exact) mass is 266 g/mol. The van der Waals surface area contributed by atoms with Crippen molar-refractivity contribution in [2.45, 2.75) is 31.5 Å². The van der Waals surface area contributed by atoms with Crippen molar-refractivity contribution in [3.8, 4) is 0 Å². The Hall–Kier alpha value is -0.820. The number of anilines is 1. The van der Waals surface area contributed by atoms with Crippen molar-refractivity contribution < 1.29 is 18.3 Å². The van der Waals surface area contributed by atoms with Crippen LogP contribution in [0, 0.1) is 0 Å². The lowest BCUT2D eigenvalue weighted by Gasteiger charge is -2.23. The summed E-state index contributed by atoms with van der Waals surface area (Å²) in [5.41, 5.74) is 0. The lowest BCUT2D eigenvalue weighted by Crippen LogP contribution is -2.29. The number of halogens is 3. The summed E-state index contributed by atoms with van der Waals surface area (Å²) in [6.07, 6.45) is -1.01. The molecule has 1 unspecified atom stereocenters. The Labute approximate surface area is 101 Å². The van der Waals surface area contributed by atoms with Gasteiger partial charge >= 0.3 is 6.18 Å². The molecule has 1 atom stereocenters. The molecule has 1 aromatic heterocycles. The maximum Gasteiger partial charge on any atom is 0.427 e. The molecule has 0 amide bonds. The summed E-state index contributed by atoms with van der Waals surface area (Å²) in [7, 11) is 0. The Bertz CT molecular complexity index is 380. The van der Waals surface area contributed by atoms with E-state index in [1.54, 1.807) is 0 Å². The summed E-state index contributed by atoms with van der Waals surface area (Å²) in [6.45, 7) is 0.772. The number of rotatable bonds is 3. The smallest absolute Gasteiger partial charge is 0.396 e. The lowest BCUT2D eigenvalue weighted by atomic mass is 10.2. The highest BCUT2D eigenvalue weighted by Gasteiger charge is 2.35. The number of alkyl halides is 3. The second-order valence-electron chi connectivity index (χ2n) is 4.01. The number of thiazole rings is 1. The fourth-order valence-corrected chi connectivity index (χ4v) is 2.95. The molecule has 3 nitrogen and oxygen atoms in total. The van der Waals surface area contributed by atoms with Gasteiger partial charge in [-0.25, -0.2) is 4.98 Å². The molecule has 1 aliphatic rings. The molecule has 1 N–H and O–H groups in total. The largest absolute Gasteiger partial charge is 0.427 e. The molecule has 0 bridgehead atoms. The number of aliphatic hydroxyl groups excluding tert-OH is 1. The van der Waals surface area contributed by atoms with Gasteiger partial charge in [-0.1, -0.05) is 11.3 Å². The minimum Gasteiger partial charge on any atom is -0.396 e. The van der Waals surface area contributed by atoms with Gasteiger partial charge in [0, 0.05) is 19.2 Å². The van der Waals surface area contributed by atoms with Crippen molar-refractivity contribution in [3.63, 3.8) is 0 Å². The number of nitrogens with zero attached hydrogens (tertiary/aromatic N) is 2. The Morgan fingerprint density at radius 1 is 1.53 bits per heavy atom. The summed E-state index contributed by atoms with van der Waals surface area (Å²) in [4.78, 5) is 5.05. The van der Waals surface area contributed by atoms with Crippen LogP contribution in [0.25, 0.3) is 0 Å². The number of hydrogen-bond acceptors (Lipinski definition) is 4. The SMILES string of the molecule is OCCC1CCCN1c1ncc(C(F)(F)F)s1. The topological polar surface area (TPSA) is 36.4 Å². The van der Waals surface area contributed by atoms with Crippen LogP contribution < -0.4 is 4.90 Å². The number of aromatic nitrogens is 1. The van der Waals surface area contributed by atoms with Crippen LogP contribution in [0.2, 0.25) is 0 Å². The van der Waals surface area contributed by atoms with E-state index in [2.05, 4.69) is 4.98 Å². The van der Waals surface area contributed by atoms with E-state index in [0.717, 1.165) is 25.6 Å². The molecular formula is C10H13F3N2OS. The van der Waals surface area contributed by atoms with Gasteiger partial charge in [-0.05, 0) is 19.3 Å². The standard InChI is InChI=1S/C10H13F3N2OS/c11-10(12,13)8-6-14-9(17-8)15-4-1-2-7(15)3-5-16/h6-7,16H,1-5H2. The molecule has 96 valence electrons. The first-order chi connectivity index (χ1) is 8.02. The van der Waals surface area contributed by atoms with Crippen LogP contribution >= 0.6 is 11.3 Å². The van der Waals surface area contributed by atoms with Gasteiger partial charge in [0.2, 0.25) is 0 Å². The van der Waals surface area contributed by atoms with Crippen molar-refractivity contribution >= 4 is 16.5 Å². The molecule has 0 spiro atoms. The highest BCUT2D eigenvalue weighted by atomic mass is 32.1. The first-order valence-electron chi connectivity index (χ1n) is 5.43. The predicted octanol–water partition coefficient (Wildman–Crippen LogP) is 2.51. The Morgan fingerprint density at radius 2 is 2.29 bits per heavy atom. The minimum atomic E-state index is -4.32. The zero-order valence-electron chi connectivity index (χ0n) is 9.07. The van der Waals surface area contributed by atoms with Gasteiger partial charge in [0.05, 0.1) is 6.20 Å². The number of aliphatic hydroxyl groups is 1. The summed E-state index contributed by atoms with van der Waals surface area (Å²) < 4.78 is 37.3. The van der Waals surface area contributed by atoms with Crippen molar-refractivity contribution in [3.05, 3.63) is 11.1 Å². The molecule has 2 rings (SSSR count). The van der Waals surface area contributed by atoms with Crippen LogP contribution in [0.1, 0.15) is 24.1 Å². The molecule has 0 aromatic carbocycles. The second-order valence-corrected chi connectivity index (χ2v) is 5.02. The third-order valence-electron chi connectivity index (χ3n) is 2.86. The molecule has 0 radical (unpaired) electrons. The highest BCUT2D eigenvalue weighted by molar-refractivity contribution is 7.15. The molecule has 1 fully saturated rings. The van der Waals surface area contributed by atoms with Gasteiger partial charge < -0.3 is 10.0 Å². The summed E-state index contributed by atoms with van der Waals surface area (Å²) in [6, 6.07) is 0.118. The van der Waals surface area contributed by atoms with Gasteiger partial charge in [0.15, 0.2) is 5.13 Å². The maximum atomic E-state index is 12.4. The fourth-order valence-electron chi connectivity index (χ4n) is 2.07. The van der Waals surface area contributed by atoms with E-state index in [0.29, 0.717) is 22.9 Å². The third-order valence-corrected chi connectivity index (χ3v) is 3.94. The highest BCUT2D eigenvalue weighted by Crippen LogP contribution is 2.38. The third kappa shape index (κ3) is 2.71. The Balaban J connectivity index is 2.14. The Morgan fingerprint density at radius 3 is 2.88 bits per heavy atom. The van der Waals surface area contributed by atoms with E-state index < -0.39 is 11.1 Å². The molecule has 2 heterocycles. The quantitative estimate of drug-likeness (QED) is 0.913. The average Bonchev–Trinajstić information content (AvgIpc) is 2.82. The molecule has 0 aliphatic carbocycles. The van der Waals surface area contributed by atoms with Crippen LogP contribution in [-0.2, 0) is 6.18 Å². The minimum absolute atomic E-state index is 0.0542. The van der Waals surface area contributed by atoms with Gasteiger partial charge in [-0.2, -0.15) is 13.2 Å². The number of hydrogen-bond donors (Lipinski definition) is 1. The summed E-state index contributed by atoms with van der Waals surface area (Å²) >= 11 is 0.675. The molecule has 1 aromatic rings. The first kappa shape index (κ1) is 12.6. The zero-order chi connectivity index (χ0) is 12.5. The zero-order valence-corrected chi connectivity index (χ0v) is 9.89. The van der Waals surface area contributed by atoms with E-state index in [9.17, 15) is 13.2 Å². The molecule has 1 aliphatic heterocycles. The van der Waals surface area contributed by atoms with Crippen LogP contribution in [0.4, 0.5) is 18.3 Å². The van der Waals surface area contributed by atoms with Crippen molar-refractivity contribution in [1.29, 1.82) is 0 Å².